The van der Waals surface area contributed by atoms with Gasteiger partial charge in [0.1, 0.15) is 17.7 Å². The molecule has 66 heavy (non-hydrogen) atoms. The van der Waals surface area contributed by atoms with Crippen LogP contribution < -0.4 is 10.6 Å². The monoisotopic (exact) mass is 886 g/mol. The van der Waals surface area contributed by atoms with Crippen LogP contribution in [0.4, 0.5) is 0 Å². The fraction of sp³-hybridized carbons (Fsp3) is 0.404. The molecular formula is C52H54N8O6. The van der Waals surface area contributed by atoms with E-state index in [1.165, 1.54) is 7.11 Å². The molecule has 7 aromatic rings. The average molecular weight is 887 g/mol. The molecule has 5 heterocycles. The maximum atomic E-state index is 14.6. The smallest absolute Gasteiger partial charge is 0.250 e. The van der Waals surface area contributed by atoms with Gasteiger partial charge in [0.05, 0.1) is 46.8 Å². The van der Waals surface area contributed by atoms with Crippen molar-refractivity contribution in [2.75, 3.05) is 27.4 Å². The summed E-state index contributed by atoms with van der Waals surface area (Å²) < 4.78 is 10.6. The van der Waals surface area contributed by atoms with Crippen LogP contribution >= 0.6 is 0 Å². The van der Waals surface area contributed by atoms with Crippen molar-refractivity contribution in [2.45, 2.75) is 69.7 Å². The van der Waals surface area contributed by atoms with Crippen LogP contribution in [0.1, 0.15) is 68.4 Å². The van der Waals surface area contributed by atoms with Crippen molar-refractivity contribution in [2.24, 2.45) is 35.5 Å². The van der Waals surface area contributed by atoms with Gasteiger partial charge in [-0.2, -0.15) is 0 Å². The topological polar surface area (TPSA) is 178 Å². The summed E-state index contributed by atoms with van der Waals surface area (Å²) in [6.45, 7) is 4.97. The lowest BCUT2D eigenvalue weighted by Gasteiger charge is -2.31. The van der Waals surface area contributed by atoms with E-state index in [9.17, 15) is 19.5 Å². The third kappa shape index (κ3) is 6.79. The van der Waals surface area contributed by atoms with Crippen molar-refractivity contribution < 1.29 is 29.0 Å². The lowest BCUT2D eigenvalue weighted by Crippen LogP contribution is -2.53. The minimum absolute atomic E-state index is 0.0186. The van der Waals surface area contributed by atoms with Crippen LogP contribution in [0, 0.1) is 35.5 Å². The van der Waals surface area contributed by atoms with Crippen LogP contribution in [0.15, 0.2) is 91.0 Å². The number of benzene rings is 5. The minimum atomic E-state index is -1.22. The third-order valence-corrected chi connectivity index (χ3v) is 15.2. The third-order valence-electron chi connectivity index (χ3n) is 15.2. The fourth-order valence-electron chi connectivity index (χ4n) is 11.5. The Bertz CT molecular complexity index is 3060. The number of aliphatic hydroxyl groups excluding tert-OH is 1. The summed E-state index contributed by atoms with van der Waals surface area (Å²) in [5.41, 5.74) is 6.50. The van der Waals surface area contributed by atoms with Crippen molar-refractivity contribution >= 4 is 61.3 Å². The number of carbonyl (C=O) groups is 3. The number of hydrogen-bond donors (Lipinski definition) is 5. The maximum Gasteiger partial charge on any atom is 0.250 e. The molecule has 6 fully saturated rings. The van der Waals surface area contributed by atoms with E-state index < -0.39 is 18.5 Å². The molecular weight excluding hydrogens is 833 g/mol. The van der Waals surface area contributed by atoms with Gasteiger partial charge in [-0.3, -0.25) is 19.7 Å². The number of H-pyrrole nitrogens is 2. The number of aliphatic hydroxyl groups is 1. The van der Waals surface area contributed by atoms with E-state index in [0.717, 1.165) is 84.8 Å². The van der Waals surface area contributed by atoms with Gasteiger partial charge in [-0.05, 0) is 94.7 Å². The highest BCUT2D eigenvalue weighted by molar-refractivity contribution is 6.07. The van der Waals surface area contributed by atoms with Gasteiger partial charge >= 0.3 is 0 Å². The number of rotatable bonds is 14. The molecule has 3 amide bonds. The number of likely N-dealkylation sites (tertiary alicyclic amines) is 1. The maximum absolute atomic E-state index is 14.6. The van der Waals surface area contributed by atoms with Crippen LogP contribution in [0.25, 0.3) is 54.7 Å². The number of aromatic amines is 2. The number of nitrogens with one attached hydrogen (secondary N) is 4. The first-order chi connectivity index (χ1) is 32.1. The summed E-state index contributed by atoms with van der Waals surface area (Å²) in [4.78, 5) is 63.1. The summed E-state index contributed by atoms with van der Waals surface area (Å²) in [5, 5.41) is 20.5. The Morgan fingerprint density at radius 2 is 1.44 bits per heavy atom. The molecule has 5 aromatic carbocycles. The molecule has 338 valence electrons. The number of aromatic nitrogens is 4. The predicted molar refractivity (Wildman–Crippen MR) is 249 cm³/mol. The summed E-state index contributed by atoms with van der Waals surface area (Å²) in [5.74, 6) is 2.84. The Labute approximate surface area is 381 Å². The summed E-state index contributed by atoms with van der Waals surface area (Å²) in [7, 11) is 3.10. The van der Waals surface area contributed by atoms with E-state index in [2.05, 4.69) is 75.2 Å². The first kappa shape index (κ1) is 41.3. The number of piperidine rings is 1. The van der Waals surface area contributed by atoms with Gasteiger partial charge in [0.25, 0.3) is 0 Å². The van der Waals surface area contributed by atoms with Gasteiger partial charge in [0.2, 0.25) is 24.1 Å². The number of imidazole rings is 2. The molecule has 5 N–H and O–H groups in total. The number of fused-ring (bicyclic) bond motifs is 7. The molecule has 6 aliphatic rings. The van der Waals surface area contributed by atoms with E-state index >= 15 is 0 Å². The van der Waals surface area contributed by atoms with Gasteiger partial charge in [-0.1, -0.05) is 80.6 Å². The highest BCUT2D eigenvalue weighted by Gasteiger charge is 2.85. The second-order valence-electron chi connectivity index (χ2n) is 19.6. The minimum Gasteiger partial charge on any atom is -0.384 e. The molecule has 13 rings (SSSR count). The predicted octanol–water partition coefficient (Wildman–Crippen LogP) is 6.88. The molecule has 14 nitrogen and oxygen atoms in total. The zero-order chi connectivity index (χ0) is 45.1. The highest BCUT2D eigenvalue weighted by Crippen LogP contribution is 2.81. The van der Waals surface area contributed by atoms with Gasteiger partial charge in [-0.15, -0.1) is 0 Å². The normalized spacial score (nSPS) is 25.5. The lowest BCUT2D eigenvalue weighted by atomic mass is 9.98. The van der Waals surface area contributed by atoms with Crippen LogP contribution in [-0.4, -0.2) is 98.4 Å². The number of ether oxygens (including phenoxy) is 2. The van der Waals surface area contributed by atoms with Crippen molar-refractivity contribution in [3.63, 3.8) is 0 Å². The Balaban J connectivity index is 0.822. The molecule has 2 aromatic heterocycles. The van der Waals surface area contributed by atoms with Crippen molar-refractivity contribution in [1.29, 1.82) is 0 Å². The van der Waals surface area contributed by atoms with E-state index in [0.29, 0.717) is 37.3 Å². The average Bonchev–Trinajstić information content (AvgIpc) is 4.23. The zero-order valence-corrected chi connectivity index (χ0v) is 37.4. The Kier molecular flexibility index (Phi) is 9.83. The van der Waals surface area contributed by atoms with Crippen LogP contribution in [0.5, 0.6) is 0 Å². The molecule has 3 unspecified atom stereocenters. The quantitative estimate of drug-likeness (QED) is 0.0729. The van der Waals surface area contributed by atoms with Gasteiger partial charge < -0.3 is 39.7 Å². The van der Waals surface area contributed by atoms with Crippen molar-refractivity contribution in [1.82, 2.24) is 40.4 Å². The zero-order valence-electron chi connectivity index (χ0n) is 37.4. The van der Waals surface area contributed by atoms with E-state index in [-0.39, 0.29) is 53.6 Å². The van der Waals surface area contributed by atoms with Crippen LogP contribution in [0.3, 0.4) is 0 Å². The standard InChI is InChI=1S/C52H54N8O6/c1-25(2)41(58-52(64)66-4)51(63)60-45-38-39(45)40(38)46(60)48-54-36-19-15-32-22-30(13-17-34(32)44(36)56-48)29-12-16-33-31(21-29)14-18-35-43(33)55-47(53-35)37-20-26(24-65-3)23-59(37)50(62)42(27-8-6-5-7-9-27)57-49(61)28-10-11-28/h5-9,12-19,21-22,25-26,28,37-42,45-46,52,58,64H,10-11,20,23-24H2,1-4H3,(H,53,55)(H,54,56)(H,57,61)/t26-,37-,38+,39?,40?,41-,42+,45-,46-,52?/m0/s1. The summed E-state index contributed by atoms with van der Waals surface area (Å²) >= 11 is 0. The highest BCUT2D eigenvalue weighted by atomic mass is 16.6. The largest absolute Gasteiger partial charge is 0.384 e. The molecule has 3 aliphatic heterocycles. The van der Waals surface area contributed by atoms with Gasteiger partial charge in [0.15, 0.2) is 0 Å². The SMILES string of the molecule is COC[C@H]1C[C@@H](c2nc3ccc4cc(-c5ccc6c(ccc7nc([C@@H]8C9C%10[C@H]9[C@@H]%10N8C(=O)[C@@H](NC(O)OC)C(C)C)[nH]c76)c5)ccc4c3[nH]2)N(C(=O)[C@H](NC(=O)C2CC2)c2ccccc2)C1. The lowest BCUT2D eigenvalue weighted by molar-refractivity contribution is -0.145. The van der Waals surface area contributed by atoms with Crippen LogP contribution in [-0.2, 0) is 23.9 Å². The summed E-state index contributed by atoms with van der Waals surface area (Å²) in [6.07, 6.45) is 1.17. The van der Waals surface area contributed by atoms with Crippen molar-refractivity contribution in [3.05, 3.63) is 108 Å². The van der Waals surface area contributed by atoms with E-state index in [4.69, 9.17) is 19.4 Å². The van der Waals surface area contributed by atoms with E-state index in [1.807, 2.05) is 60.0 Å². The molecule has 3 saturated carbocycles. The molecule has 0 radical (unpaired) electrons. The second-order valence-corrected chi connectivity index (χ2v) is 19.6. The molecule has 14 heteroatoms. The molecule has 3 aliphatic carbocycles. The first-order valence-corrected chi connectivity index (χ1v) is 23.4. The molecule has 2 bridgehead atoms. The first-order valence-electron chi connectivity index (χ1n) is 23.4. The Hall–Kier alpha value is -6.19. The molecule has 10 atom stereocenters. The molecule has 3 saturated heterocycles. The number of nitrogens with zero attached hydrogens (tertiary/aromatic N) is 4. The molecule has 0 spiro atoms. The van der Waals surface area contributed by atoms with Crippen LogP contribution in [0.2, 0.25) is 0 Å². The number of methoxy groups -OCH3 is 2. The second kappa shape index (κ2) is 15.7. The summed E-state index contributed by atoms with van der Waals surface area (Å²) in [6, 6.07) is 29.3. The van der Waals surface area contributed by atoms with Gasteiger partial charge in [0, 0.05) is 49.4 Å². The van der Waals surface area contributed by atoms with Crippen molar-refractivity contribution in [3.8, 4) is 11.1 Å². The Morgan fingerprint density at radius 1 is 0.803 bits per heavy atom. The number of hydrogen-bond acceptors (Lipinski definition) is 9. The van der Waals surface area contributed by atoms with E-state index in [1.54, 1.807) is 7.11 Å². The number of amides is 3. The fourth-order valence-corrected chi connectivity index (χ4v) is 11.5. The van der Waals surface area contributed by atoms with Gasteiger partial charge in [-0.25, -0.2) is 9.97 Å². The number of carbonyl (C=O) groups excluding carboxylic acids is 3. The Morgan fingerprint density at radius 3 is 2.05 bits per heavy atom.